The number of aryl methyl sites for hydroxylation is 1. The third kappa shape index (κ3) is 8.04. The number of hydrogen-bond acceptors (Lipinski definition) is 6. The van der Waals surface area contributed by atoms with Gasteiger partial charge in [0.15, 0.2) is 0 Å². The lowest BCUT2D eigenvalue weighted by Crippen LogP contribution is -2.54. The Morgan fingerprint density at radius 1 is 1.00 bits per heavy atom. The van der Waals surface area contributed by atoms with Crippen molar-refractivity contribution in [3.05, 3.63) is 41.2 Å². The van der Waals surface area contributed by atoms with E-state index >= 15 is 0 Å². The molecule has 6 nitrogen and oxygen atoms in total. The predicted molar refractivity (Wildman–Crippen MR) is 139 cm³/mol. The molecule has 8 heteroatoms. The van der Waals surface area contributed by atoms with Crippen LogP contribution in [-0.4, -0.2) is 53.5 Å². The first-order valence-electron chi connectivity index (χ1n) is 12.5. The minimum Gasteiger partial charge on any atom is -0.342 e. The zero-order valence-electron chi connectivity index (χ0n) is 20.5. The van der Waals surface area contributed by atoms with Crippen LogP contribution in [0.15, 0.2) is 24.3 Å². The summed E-state index contributed by atoms with van der Waals surface area (Å²) in [6, 6.07) is 8.55. The standard InChI is InChI=1S/C25H40N4O2S2/c1-4-5-6-7-8-9-10-11-18-33(30,31)28-16-17-29(22(3)20-28)25-26-24(27-32-25)19-23-14-12-21(2)13-15-23/h12-15,22H,4-11,16-20H2,1-3H3. The number of hydrogen-bond donors (Lipinski definition) is 0. The van der Waals surface area contributed by atoms with Crippen molar-refractivity contribution in [3.63, 3.8) is 0 Å². The molecule has 1 aliphatic rings. The highest BCUT2D eigenvalue weighted by molar-refractivity contribution is 7.89. The van der Waals surface area contributed by atoms with Gasteiger partial charge in [-0.1, -0.05) is 81.7 Å². The SMILES string of the molecule is CCCCCCCCCCS(=O)(=O)N1CCN(c2nc(Cc3ccc(C)cc3)ns2)C(C)C1. The van der Waals surface area contributed by atoms with E-state index < -0.39 is 10.0 Å². The Hall–Kier alpha value is -1.51. The number of anilines is 1. The molecule has 1 aromatic carbocycles. The maximum atomic E-state index is 12.9. The molecule has 2 aromatic rings. The molecule has 1 aliphatic heterocycles. The quantitative estimate of drug-likeness (QED) is 0.349. The summed E-state index contributed by atoms with van der Waals surface area (Å²) in [6.45, 7) is 8.10. The molecule has 1 saturated heterocycles. The third-order valence-electron chi connectivity index (χ3n) is 6.43. The van der Waals surface area contributed by atoms with Crippen molar-refractivity contribution in [2.75, 3.05) is 30.3 Å². The van der Waals surface area contributed by atoms with E-state index in [0.717, 1.165) is 36.6 Å². The number of rotatable bonds is 13. The lowest BCUT2D eigenvalue weighted by atomic mass is 10.1. The van der Waals surface area contributed by atoms with Crippen LogP contribution in [0.25, 0.3) is 0 Å². The molecule has 0 aliphatic carbocycles. The first kappa shape index (κ1) is 26.1. The van der Waals surface area contributed by atoms with Gasteiger partial charge >= 0.3 is 0 Å². The maximum absolute atomic E-state index is 12.9. The van der Waals surface area contributed by atoms with Gasteiger partial charge in [0.25, 0.3) is 0 Å². The molecule has 1 unspecified atom stereocenters. The van der Waals surface area contributed by atoms with Crippen LogP contribution in [-0.2, 0) is 16.4 Å². The van der Waals surface area contributed by atoms with Gasteiger partial charge in [-0.3, -0.25) is 0 Å². The minimum atomic E-state index is -3.19. The Balaban J connectivity index is 1.44. The van der Waals surface area contributed by atoms with Crippen molar-refractivity contribution < 1.29 is 8.42 Å². The normalized spacial score (nSPS) is 17.5. The first-order valence-corrected chi connectivity index (χ1v) is 14.9. The smallest absolute Gasteiger partial charge is 0.214 e. The maximum Gasteiger partial charge on any atom is 0.214 e. The van der Waals surface area contributed by atoms with E-state index in [1.165, 1.54) is 54.8 Å². The number of piperazine rings is 1. The molecular weight excluding hydrogens is 452 g/mol. The molecule has 1 fully saturated rings. The molecule has 3 rings (SSSR count). The van der Waals surface area contributed by atoms with Crippen molar-refractivity contribution in [1.82, 2.24) is 13.7 Å². The summed E-state index contributed by atoms with van der Waals surface area (Å²) in [5, 5.41) is 0.893. The van der Waals surface area contributed by atoms with Crippen LogP contribution >= 0.6 is 11.5 Å². The van der Waals surface area contributed by atoms with E-state index in [2.05, 4.69) is 54.3 Å². The highest BCUT2D eigenvalue weighted by atomic mass is 32.2. The average Bonchev–Trinajstić information content (AvgIpc) is 3.25. The van der Waals surface area contributed by atoms with Gasteiger partial charge in [0.2, 0.25) is 15.2 Å². The average molecular weight is 493 g/mol. The molecular formula is C25H40N4O2S2. The molecule has 0 bridgehead atoms. The molecule has 0 N–H and O–H groups in total. The highest BCUT2D eigenvalue weighted by Gasteiger charge is 2.32. The van der Waals surface area contributed by atoms with Crippen LogP contribution in [0.2, 0.25) is 0 Å². The Morgan fingerprint density at radius 2 is 1.67 bits per heavy atom. The summed E-state index contributed by atoms with van der Waals surface area (Å²) in [6.07, 6.45) is 10.0. The van der Waals surface area contributed by atoms with E-state index in [0.29, 0.717) is 19.6 Å². The van der Waals surface area contributed by atoms with Gasteiger partial charge in [-0.25, -0.2) is 13.4 Å². The molecule has 0 radical (unpaired) electrons. The fourth-order valence-electron chi connectivity index (χ4n) is 4.33. The van der Waals surface area contributed by atoms with Crippen molar-refractivity contribution >= 4 is 26.7 Å². The van der Waals surface area contributed by atoms with Gasteiger partial charge in [0, 0.05) is 43.6 Å². The Morgan fingerprint density at radius 3 is 2.33 bits per heavy atom. The second kappa shape index (κ2) is 12.8. The van der Waals surface area contributed by atoms with Crippen LogP contribution in [0, 0.1) is 6.92 Å². The third-order valence-corrected chi connectivity index (χ3v) is 9.14. The molecule has 0 spiro atoms. The summed E-state index contributed by atoms with van der Waals surface area (Å²) in [5.41, 5.74) is 2.45. The van der Waals surface area contributed by atoms with E-state index in [1.807, 2.05) is 0 Å². The largest absolute Gasteiger partial charge is 0.342 e. The van der Waals surface area contributed by atoms with Gasteiger partial charge in [-0.2, -0.15) is 8.68 Å². The van der Waals surface area contributed by atoms with E-state index in [9.17, 15) is 8.42 Å². The lowest BCUT2D eigenvalue weighted by Gasteiger charge is -2.38. The second-order valence-electron chi connectivity index (χ2n) is 9.35. The van der Waals surface area contributed by atoms with Crippen molar-refractivity contribution in [3.8, 4) is 0 Å². The van der Waals surface area contributed by atoms with Crippen molar-refractivity contribution in [2.45, 2.75) is 84.6 Å². The van der Waals surface area contributed by atoms with Gasteiger partial charge in [-0.05, 0) is 25.8 Å². The summed E-state index contributed by atoms with van der Waals surface area (Å²) < 4.78 is 32.0. The van der Waals surface area contributed by atoms with Gasteiger partial charge in [-0.15, -0.1) is 0 Å². The zero-order valence-corrected chi connectivity index (χ0v) is 22.1. The van der Waals surface area contributed by atoms with Gasteiger partial charge < -0.3 is 4.90 Å². The van der Waals surface area contributed by atoms with Gasteiger partial charge in [0.1, 0.15) is 5.82 Å². The molecule has 1 atom stereocenters. The first-order chi connectivity index (χ1) is 15.9. The fourth-order valence-corrected chi connectivity index (χ4v) is 6.77. The molecule has 1 aromatic heterocycles. The van der Waals surface area contributed by atoms with Crippen molar-refractivity contribution in [2.24, 2.45) is 0 Å². The zero-order chi connectivity index (χ0) is 23.7. The second-order valence-corrected chi connectivity index (χ2v) is 12.2. The van der Waals surface area contributed by atoms with Crippen LogP contribution in [0.3, 0.4) is 0 Å². The number of nitrogens with zero attached hydrogens (tertiary/aromatic N) is 4. The number of sulfonamides is 1. The molecule has 184 valence electrons. The molecule has 2 heterocycles. The van der Waals surface area contributed by atoms with E-state index in [4.69, 9.17) is 4.98 Å². The van der Waals surface area contributed by atoms with E-state index in [-0.39, 0.29) is 11.8 Å². The van der Waals surface area contributed by atoms with Crippen LogP contribution < -0.4 is 4.90 Å². The van der Waals surface area contributed by atoms with E-state index in [1.54, 1.807) is 4.31 Å². The monoisotopic (exact) mass is 492 g/mol. The van der Waals surface area contributed by atoms with Crippen molar-refractivity contribution in [1.29, 1.82) is 0 Å². The number of unbranched alkanes of at least 4 members (excludes halogenated alkanes) is 7. The Labute approximate surface area is 204 Å². The van der Waals surface area contributed by atoms with Crippen LogP contribution in [0.5, 0.6) is 0 Å². The summed E-state index contributed by atoms with van der Waals surface area (Å²) in [7, 11) is -3.19. The van der Waals surface area contributed by atoms with Crippen LogP contribution in [0.4, 0.5) is 5.13 Å². The summed E-state index contributed by atoms with van der Waals surface area (Å²) >= 11 is 1.41. The minimum absolute atomic E-state index is 0.0901. The molecule has 0 saturated carbocycles. The topological polar surface area (TPSA) is 66.4 Å². The highest BCUT2D eigenvalue weighted by Crippen LogP contribution is 2.25. The lowest BCUT2D eigenvalue weighted by molar-refractivity contribution is 0.341. The fraction of sp³-hybridized carbons (Fsp3) is 0.680. The van der Waals surface area contributed by atoms with Gasteiger partial charge in [0.05, 0.1) is 5.75 Å². The molecule has 0 amide bonds. The number of benzene rings is 1. The summed E-state index contributed by atoms with van der Waals surface area (Å²) in [4.78, 5) is 6.96. The van der Waals surface area contributed by atoms with Crippen LogP contribution in [0.1, 0.15) is 82.2 Å². The molecule has 33 heavy (non-hydrogen) atoms. The summed E-state index contributed by atoms with van der Waals surface area (Å²) in [5.74, 6) is 1.10. The predicted octanol–water partition coefficient (Wildman–Crippen LogP) is 5.42. The number of aromatic nitrogens is 2. The Kier molecular flexibility index (Phi) is 10.1. The Bertz CT molecular complexity index is 944.